The van der Waals surface area contributed by atoms with E-state index in [1.165, 1.54) is 5.01 Å². The second kappa shape index (κ2) is 4.27. The molecule has 0 radical (unpaired) electrons. The van der Waals surface area contributed by atoms with E-state index in [2.05, 4.69) is 21.0 Å². The zero-order valence-corrected chi connectivity index (χ0v) is 10.8. The Morgan fingerprint density at radius 1 is 1.29 bits per heavy atom. The Morgan fingerprint density at radius 3 is 2.53 bits per heavy atom. The minimum atomic E-state index is 0.441. The lowest BCUT2D eigenvalue weighted by Crippen LogP contribution is -2.26. The van der Waals surface area contributed by atoms with E-state index in [1.807, 2.05) is 12.1 Å². The summed E-state index contributed by atoms with van der Waals surface area (Å²) in [6.07, 6.45) is 0. The molecule has 0 spiro atoms. The third kappa shape index (κ3) is 2.20. The highest BCUT2D eigenvalue weighted by molar-refractivity contribution is 9.10. The van der Waals surface area contributed by atoms with Gasteiger partial charge in [-0.25, -0.2) is 10.5 Å². The van der Waals surface area contributed by atoms with Crippen LogP contribution in [0.3, 0.4) is 0 Å². The van der Waals surface area contributed by atoms with Crippen molar-refractivity contribution in [1.82, 2.24) is 9.78 Å². The van der Waals surface area contributed by atoms with Crippen LogP contribution in [0.4, 0.5) is 17.2 Å². The van der Waals surface area contributed by atoms with Crippen molar-refractivity contribution < 1.29 is 0 Å². The first kappa shape index (κ1) is 11.7. The van der Waals surface area contributed by atoms with Gasteiger partial charge in [-0.1, -0.05) is 0 Å². The van der Waals surface area contributed by atoms with E-state index in [0.29, 0.717) is 11.5 Å². The van der Waals surface area contributed by atoms with Crippen LogP contribution < -0.4 is 22.3 Å². The van der Waals surface area contributed by atoms with Gasteiger partial charge in [-0.05, 0) is 34.1 Å². The molecule has 0 unspecified atom stereocenters. The zero-order valence-electron chi connectivity index (χ0n) is 9.26. The second-order valence-corrected chi connectivity index (χ2v) is 4.47. The molecule has 2 rings (SSSR count). The third-order valence-electron chi connectivity index (χ3n) is 2.32. The molecule has 0 saturated carbocycles. The summed E-state index contributed by atoms with van der Waals surface area (Å²) in [5, 5.41) is 5.62. The standard InChI is InChI=1S/C10H13BrN6/c1-16(14)8-4-6(2-3-7(8)12)17-9(11)5-10(13)15-17/h2-5H,12,14H2,1H3,(H2,13,15). The number of nitrogens with two attached hydrogens (primary N) is 3. The van der Waals surface area contributed by atoms with E-state index in [-0.39, 0.29) is 0 Å². The van der Waals surface area contributed by atoms with Crippen LogP contribution in [0.5, 0.6) is 0 Å². The third-order valence-corrected chi connectivity index (χ3v) is 2.89. The van der Waals surface area contributed by atoms with Gasteiger partial charge in [0.25, 0.3) is 0 Å². The summed E-state index contributed by atoms with van der Waals surface area (Å²) >= 11 is 3.38. The van der Waals surface area contributed by atoms with Gasteiger partial charge in [0.2, 0.25) is 0 Å². The van der Waals surface area contributed by atoms with Crippen LogP contribution in [-0.4, -0.2) is 16.8 Å². The maximum Gasteiger partial charge on any atom is 0.147 e. The molecule has 1 aromatic carbocycles. The maximum absolute atomic E-state index is 5.82. The van der Waals surface area contributed by atoms with Crippen molar-refractivity contribution in [2.45, 2.75) is 0 Å². The molecule has 17 heavy (non-hydrogen) atoms. The Balaban J connectivity index is 2.53. The Hall–Kier alpha value is -1.73. The topological polar surface area (TPSA) is 99.1 Å². The molecule has 0 aliphatic rings. The minimum Gasteiger partial charge on any atom is -0.397 e. The highest BCUT2D eigenvalue weighted by atomic mass is 79.9. The van der Waals surface area contributed by atoms with Crippen molar-refractivity contribution in [2.24, 2.45) is 5.84 Å². The number of halogens is 1. The smallest absolute Gasteiger partial charge is 0.147 e. The fraction of sp³-hybridized carbons (Fsp3) is 0.100. The molecule has 1 aromatic heterocycles. The Kier molecular flexibility index (Phi) is 2.95. The highest BCUT2D eigenvalue weighted by Gasteiger charge is 2.09. The second-order valence-electron chi connectivity index (χ2n) is 3.66. The van der Waals surface area contributed by atoms with Gasteiger partial charge in [0.1, 0.15) is 10.4 Å². The van der Waals surface area contributed by atoms with E-state index >= 15 is 0 Å². The van der Waals surface area contributed by atoms with Crippen LogP contribution in [0.1, 0.15) is 0 Å². The number of aromatic nitrogens is 2. The van der Waals surface area contributed by atoms with Gasteiger partial charge in [-0.2, -0.15) is 0 Å². The number of benzene rings is 1. The van der Waals surface area contributed by atoms with Gasteiger partial charge in [-0.15, -0.1) is 5.10 Å². The number of hydrogen-bond acceptors (Lipinski definition) is 5. The molecule has 0 amide bonds. The molecule has 6 nitrogen and oxygen atoms in total. The zero-order chi connectivity index (χ0) is 12.6. The molecule has 0 fully saturated rings. The summed E-state index contributed by atoms with van der Waals surface area (Å²) < 4.78 is 2.44. The fourth-order valence-corrected chi connectivity index (χ4v) is 2.04. The summed E-state index contributed by atoms with van der Waals surface area (Å²) in [5.74, 6) is 6.13. The maximum atomic E-state index is 5.82. The monoisotopic (exact) mass is 296 g/mol. The fourth-order valence-electron chi connectivity index (χ4n) is 1.53. The van der Waals surface area contributed by atoms with Crippen molar-refractivity contribution in [3.63, 3.8) is 0 Å². The Bertz CT molecular complexity index is 548. The average molecular weight is 297 g/mol. The average Bonchev–Trinajstić information content (AvgIpc) is 2.58. The van der Waals surface area contributed by atoms with Crippen molar-refractivity contribution >= 4 is 33.1 Å². The van der Waals surface area contributed by atoms with E-state index in [1.54, 1.807) is 23.9 Å². The molecule has 0 aliphatic heterocycles. The summed E-state index contributed by atoms with van der Waals surface area (Å²) in [6.45, 7) is 0. The molecule has 7 heteroatoms. The molecule has 0 atom stereocenters. The molecular formula is C10H13BrN6. The van der Waals surface area contributed by atoms with E-state index in [0.717, 1.165) is 16.0 Å². The highest BCUT2D eigenvalue weighted by Crippen LogP contribution is 2.26. The summed E-state index contributed by atoms with van der Waals surface area (Å²) in [5.41, 5.74) is 13.6. The first-order valence-corrected chi connectivity index (χ1v) is 5.67. The summed E-state index contributed by atoms with van der Waals surface area (Å²) in [7, 11) is 1.72. The van der Waals surface area contributed by atoms with Gasteiger partial charge >= 0.3 is 0 Å². The number of nitrogens with zero attached hydrogens (tertiary/aromatic N) is 3. The molecule has 0 aliphatic carbocycles. The van der Waals surface area contributed by atoms with Crippen LogP contribution in [0.25, 0.3) is 5.69 Å². The first-order chi connectivity index (χ1) is 7.99. The van der Waals surface area contributed by atoms with Gasteiger partial charge in [-0.3, -0.25) is 0 Å². The number of rotatable bonds is 2. The minimum absolute atomic E-state index is 0.441. The predicted molar refractivity (Wildman–Crippen MR) is 72.7 cm³/mol. The van der Waals surface area contributed by atoms with Gasteiger partial charge < -0.3 is 16.5 Å². The summed E-state index contributed by atoms with van der Waals surface area (Å²) in [6, 6.07) is 7.19. The van der Waals surface area contributed by atoms with Crippen LogP contribution in [-0.2, 0) is 0 Å². The van der Waals surface area contributed by atoms with Crippen LogP contribution in [0.2, 0.25) is 0 Å². The lowest BCUT2D eigenvalue weighted by molar-refractivity contribution is 0.864. The van der Waals surface area contributed by atoms with Crippen LogP contribution in [0, 0.1) is 0 Å². The van der Waals surface area contributed by atoms with Crippen molar-refractivity contribution in [2.75, 3.05) is 23.5 Å². The van der Waals surface area contributed by atoms with Gasteiger partial charge in [0.15, 0.2) is 0 Å². The summed E-state index contributed by atoms with van der Waals surface area (Å²) in [4.78, 5) is 0. The van der Waals surface area contributed by atoms with Crippen molar-refractivity contribution in [1.29, 1.82) is 0 Å². The molecule has 90 valence electrons. The molecule has 1 heterocycles. The first-order valence-electron chi connectivity index (χ1n) is 4.88. The normalized spacial score (nSPS) is 10.5. The van der Waals surface area contributed by atoms with Crippen molar-refractivity contribution in [3.05, 3.63) is 28.9 Å². The van der Waals surface area contributed by atoms with E-state index in [9.17, 15) is 0 Å². The molecule has 2 aromatic rings. The van der Waals surface area contributed by atoms with Crippen LogP contribution in [0.15, 0.2) is 28.9 Å². The Labute approximate surface area is 107 Å². The van der Waals surface area contributed by atoms with Crippen molar-refractivity contribution in [3.8, 4) is 5.69 Å². The number of nitrogen functional groups attached to an aromatic ring is 2. The number of hydrazine groups is 1. The molecule has 6 N–H and O–H groups in total. The van der Waals surface area contributed by atoms with E-state index in [4.69, 9.17) is 17.3 Å². The molecule has 0 bridgehead atoms. The Morgan fingerprint density at radius 2 is 2.00 bits per heavy atom. The number of anilines is 3. The molecule has 0 saturated heterocycles. The lowest BCUT2D eigenvalue weighted by Gasteiger charge is -2.16. The number of hydrogen-bond donors (Lipinski definition) is 3. The molecular weight excluding hydrogens is 284 g/mol. The quantitative estimate of drug-likeness (QED) is 0.438. The largest absolute Gasteiger partial charge is 0.397 e. The predicted octanol–water partition coefficient (Wildman–Crippen LogP) is 1.11. The van der Waals surface area contributed by atoms with Crippen LogP contribution >= 0.6 is 15.9 Å². The van der Waals surface area contributed by atoms with Gasteiger partial charge in [0, 0.05) is 13.1 Å². The van der Waals surface area contributed by atoms with E-state index < -0.39 is 0 Å². The lowest BCUT2D eigenvalue weighted by atomic mass is 10.2. The SMILES string of the molecule is CN(N)c1cc(-n2nc(N)cc2Br)ccc1N. The van der Waals surface area contributed by atoms with Gasteiger partial charge in [0.05, 0.1) is 17.1 Å².